The predicted octanol–water partition coefficient (Wildman–Crippen LogP) is 5.91. The Morgan fingerprint density at radius 3 is 2.70 bits per heavy atom. The molecule has 1 heterocycles. The molecule has 0 spiro atoms. The van der Waals surface area contributed by atoms with Crippen LogP contribution >= 0.6 is 11.6 Å². The fourth-order valence-electron chi connectivity index (χ4n) is 2.18. The van der Waals surface area contributed by atoms with E-state index in [9.17, 15) is 0 Å². The van der Waals surface area contributed by atoms with Crippen LogP contribution in [0.5, 0.6) is 0 Å². The van der Waals surface area contributed by atoms with Crippen LogP contribution in [0.2, 0.25) is 5.02 Å². The minimum atomic E-state index is -0.445. The highest BCUT2D eigenvalue weighted by molar-refractivity contribution is 6.31. The average Bonchev–Trinajstić information content (AvgIpc) is 3.03. The number of halogens is 1. The van der Waals surface area contributed by atoms with E-state index >= 15 is 0 Å². The molecular weight excluding hydrogens is 268 g/mol. The monoisotopic (exact) mass is 285 g/mol. The van der Waals surface area contributed by atoms with E-state index < -0.39 is 12.1 Å². The second kappa shape index (κ2) is 4.39. The molecule has 0 aliphatic carbocycles. The minimum Gasteiger partial charge on any atom is -0.455 e. The molecule has 0 aliphatic heterocycles. The van der Waals surface area contributed by atoms with E-state index in [-0.39, 0.29) is 57.7 Å². The lowest BCUT2D eigenvalue weighted by Crippen LogP contribution is -1.78. The van der Waals surface area contributed by atoms with Crippen molar-refractivity contribution in [2.75, 3.05) is 0 Å². The molecule has 2 heteroatoms. The Bertz CT molecular complexity index is 1260. The third kappa shape index (κ3) is 1.71. The summed E-state index contributed by atoms with van der Waals surface area (Å²) in [7, 11) is 0. The highest BCUT2D eigenvalue weighted by atomic mass is 35.5. The topological polar surface area (TPSA) is 13.1 Å². The van der Waals surface area contributed by atoms with E-state index in [0.29, 0.717) is 10.6 Å². The van der Waals surface area contributed by atoms with Crippen molar-refractivity contribution in [3.63, 3.8) is 0 Å². The number of furan rings is 1. The molecule has 0 amide bonds. The fraction of sp³-hybridized carbons (Fsp3) is 0. The van der Waals surface area contributed by atoms with Gasteiger partial charge in [0.25, 0.3) is 0 Å². The fourth-order valence-corrected chi connectivity index (χ4v) is 2.37. The van der Waals surface area contributed by atoms with Gasteiger partial charge in [-0.05, 0) is 23.7 Å². The Morgan fingerprint density at radius 1 is 0.950 bits per heavy atom. The zero-order chi connectivity index (χ0) is 19.6. The van der Waals surface area contributed by atoms with Gasteiger partial charge in [0.2, 0.25) is 0 Å². The molecule has 3 aromatic carbocycles. The summed E-state index contributed by atoms with van der Waals surface area (Å²) in [4.78, 5) is 0. The Morgan fingerprint density at radius 2 is 1.80 bits per heavy atom. The minimum absolute atomic E-state index is 0.0396. The van der Waals surface area contributed by atoms with Gasteiger partial charge in [0.1, 0.15) is 11.2 Å². The summed E-state index contributed by atoms with van der Waals surface area (Å²) in [5.41, 5.74) is 0.699. The molecule has 96 valence electrons. The van der Waals surface area contributed by atoms with Crippen molar-refractivity contribution in [2.24, 2.45) is 0 Å². The summed E-state index contributed by atoms with van der Waals surface area (Å²) in [5, 5.41) is 0.549. The SMILES string of the molecule is [2H]c1c([2H])c([2H])c2c(oc3c(-c4cccc(Cl)c4)c([2H])c([2H])c([2H])c32)c1[2H]. The number of rotatable bonds is 1. The van der Waals surface area contributed by atoms with Gasteiger partial charge < -0.3 is 4.42 Å². The lowest BCUT2D eigenvalue weighted by atomic mass is 10.0. The van der Waals surface area contributed by atoms with Gasteiger partial charge in [-0.25, -0.2) is 0 Å². The van der Waals surface area contributed by atoms with Crippen LogP contribution in [0.1, 0.15) is 9.60 Å². The molecular formula is C18H11ClO. The van der Waals surface area contributed by atoms with Crippen molar-refractivity contribution in [3.8, 4) is 11.1 Å². The van der Waals surface area contributed by atoms with Gasteiger partial charge in [0.05, 0.1) is 9.60 Å². The summed E-state index contributed by atoms with van der Waals surface area (Å²) in [6, 6.07) is 4.13. The van der Waals surface area contributed by atoms with E-state index in [0.717, 1.165) is 0 Å². The average molecular weight is 286 g/mol. The first kappa shape index (κ1) is 6.47. The van der Waals surface area contributed by atoms with Crippen LogP contribution in [0.4, 0.5) is 0 Å². The van der Waals surface area contributed by atoms with Gasteiger partial charge in [0, 0.05) is 21.4 Å². The molecule has 0 saturated heterocycles. The molecule has 4 rings (SSSR count). The smallest absolute Gasteiger partial charge is 0.143 e. The van der Waals surface area contributed by atoms with E-state index in [2.05, 4.69) is 0 Å². The first-order valence-electron chi connectivity index (χ1n) is 9.42. The zero-order valence-electron chi connectivity index (χ0n) is 17.1. The van der Waals surface area contributed by atoms with E-state index in [1.807, 2.05) is 0 Å². The highest BCUT2D eigenvalue weighted by Crippen LogP contribution is 2.36. The lowest BCUT2D eigenvalue weighted by molar-refractivity contribution is 0.670. The summed E-state index contributed by atoms with van der Waals surface area (Å²) < 4.78 is 62.5. The third-order valence-electron chi connectivity index (χ3n) is 3.05. The van der Waals surface area contributed by atoms with Crippen LogP contribution in [0.3, 0.4) is 0 Å². The van der Waals surface area contributed by atoms with Crippen molar-refractivity contribution in [1.82, 2.24) is 0 Å². The van der Waals surface area contributed by atoms with Crippen LogP contribution in [-0.2, 0) is 0 Å². The van der Waals surface area contributed by atoms with Crippen molar-refractivity contribution < 1.29 is 14.0 Å². The number of fused-ring (bicyclic) bond motifs is 3. The van der Waals surface area contributed by atoms with Crippen LogP contribution in [0.25, 0.3) is 33.1 Å². The molecule has 0 radical (unpaired) electrons. The molecule has 4 aromatic rings. The Kier molecular flexibility index (Phi) is 1.42. The molecule has 0 unspecified atom stereocenters. The Hall–Kier alpha value is -2.25. The standard InChI is InChI=1S/C18H11ClO/c19-13-6-3-5-12(11-13)14-8-4-9-16-15-7-1-2-10-17(15)20-18(14)16/h1-11H/i1D,2D,4D,7D,8D,9D,10D. The van der Waals surface area contributed by atoms with E-state index in [1.165, 1.54) is 0 Å². The summed E-state index contributed by atoms with van der Waals surface area (Å²) in [6.07, 6.45) is 0. The van der Waals surface area contributed by atoms with Gasteiger partial charge in [-0.1, -0.05) is 60.0 Å². The van der Waals surface area contributed by atoms with Crippen molar-refractivity contribution in [3.05, 3.63) is 71.6 Å². The molecule has 20 heavy (non-hydrogen) atoms. The first-order valence-corrected chi connectivity index (χ1v) is 6.30. The summed E-state index contributed by atoms with van der Waals surface area (Å²) >= 11 is 6.05. The van der Waals surface area contributed by atoms with Crippen LogP contribution in [0, 0.1) is 0 Å². The van der Waals surface area contributed by atoms with Crippen LogP contribution in [-0.4, -0.2) is 0 Å². The molecule has 0 atom stereocenters. The van der Waals surface area contributed by atoms with Crippen molar-refractivity contribution in [2.45, 2.75) is 0 Å². The predicted molar refractivity (Wildman–Crippen MR) is 84.2 cm³/mol. The number of hydrogen-bond donors (Lipinski definition) is 0. The van der Waals surface area contributed by atoms with E-state index in [1.54, 1.807) is 24.3 Å². The molecule has 0 fully saturated rings. The second-order valence-electron chi connectivity index (χ2n) is 4.27. The third-order valence-corrected chi connectivity index (χ3v) is 3.28. The number of para-hydroxylation sites is 2. The normalized spacial score (nSPS) is 16.1. The maximum Gasteiger partial charge on any atom is 0.143 e. The Labute approximate surface area is 131 Å². The number of hydrogen-bond acceptors (Lipinski definition) is 1. The molecule has 0 saturated carbocycles. The molecule has 0 aliphatic rings. The Balaban J connectivity index is 2.31. The zero-order valence-corrected chi connectivity index (χ0v) is 10.9. The molecule has 1 nitrogen and oxygen atoms in total. The molecule has 1 aromatic heterocycles. The quantitative estimate of drug-likeness (QED) is 0.424. The van der Waals surface area contributed by atoms with Crippen LogP contribution < -0.4 is 0 Å². The lowest BCUT2D eigenvalue weighted by Gasteiger charge is -2.03. The first-order chi connectivity index (χ1) is 12.7. The van der Waals surface area contributed by atoms with Gasteiger partial charge in [-0.3, -0.25) is 0 Å². The molecule has 0 N–H and O–H groups in total. The largest absolute Gasteiger partial charge is 0.455 e. The van der Waals surface area contributed by atoms with Crippen molar-refractivity contribution in [1.29, 1.82) is 0 Å². The maximum atomic E-state index is 8.31. The highest BCUT2D eigenvalue weighted by Gasteiger charge is 2.11. The van der Waals surface area contributed by atoms with Gasteiger partial charge in [-0.2, -0.15) is 0 Å². The maximum absolute atomic E-state index is 8.31. The summed E-state index contributed by atoms with van der Waals surface area (Å²) in [5.74, 6) is 0. The second-order valence-corrected chi connectivity index (χ2v) is 4.71. The van der Waals surface area contributed by atoms with Crippen molar-refractivity contribution >= 4 is 33.5 Å². The van der Waals surface area contributed by atoms with Gasteiger partial charge >= 0.3 is 0 Å². The van der Waals surface area contributed by atoms with Crippen LogP contribution in [0.15, 0.2) is 71.0 Å². The van der Waals surface area contributed by atoms with E-state index in [4.69, 9.17) is 25.6 Å². The van der Waals surface area contributed by atoms with Gasteiger partial charge in [0.15, 0.2) is 0 Å². The van der Waals surface area contributed by atoms with Gasteiger partial charge in [-0.15, -0.1) is 0 Å². The summed E-state index contributed by atoms with van der Waals surface area (Å²) in [6.45, 7) is 0. The molecule has 0 bridgehead atoms. The number of benzene rings is 3.